The molecule has 0 spiro atoms. The molecule has 3 nitrogen and oxygen atoms in total. The van der Waals surface area contributed by atoms with Crippen LogP contribution >= 0.6 is 39.1 Å². The molecule has 0 N–H and O–H groups in total. The topological polar surface area (TPSA) is 34.9 Å². The maximum absolute atomic E-state index is 12.1. The summed E-state index contributed by atoms with van der Waals surface area (Å²) in [6, 6.07) is 13.1. The van der Waals surface area contributed by atoms with Crippen LogP contribution in [0.5, 0.6) is 0 Å². The van der Waals surface area contributed by atoms with Gasteiger partial charge in [-0.1, -0.05) is 58.2 Å². The third kappa shape index (κ3) is 3.52. The van der Waals surface area contributed by atoms with Crippen molar-refractivity contribution >= 4 is 44.9 Å². The van der Waals surface area contributed by atoms with Crippen molar-refractivity contribution in [1.82, 2.24) is 9.78 Å². The average molecular weight is 438 g/mol. The molecule has 0 amide bonds. The number of benzene rings is 2. The summed E-state index contributed by atoms with van der Waals surface area (Å²) < 4.78 is 2.72. The van der Waals surface area contributed by atoms with Gasteiger partial charge in [-0.2, -0.15) is 5.10 Å². The molecule has 0 saturated carbocycles. The van der Waals surface area contributed by atoms with Crippen LogP contribution < -0.4 is 0 Å². The number of carbonyl (C=O) groups excluding carboxylic acids is 1. The molecule has 1 aromatic heterocycles. The number of Topliss-reactive ketones (excluding diaryl/α,β-unsaturated/α-hetero) is 1. The zero-order chi connectivity index (χ0) is 18.1. The van der Waals surface area contributed by atoms with Crippen LogP contribution in [0.4, 0.5) is 0 Å². The van der Waals surface area contributed by atoms with Gasteiger partial charge in [0.25, 0.3) is 0 Å². The molecule has 0 unspecified atom stereocenters. The van der Waals surface area contributed by atoms with Crippen molar-refractivity contribution in [3.05, 3.63) is 68.2 Å². The Balaban J connectivity index is 2.34. The van der Waals surface area contributed by atoms with Gasteiger partial charge in [-0.3, -0.25) is 4.79 Å². The zero-order valence-corrected chi connectivity index (χ0v) is 16.8. The van der Waals surface area contributed by atoms with E-state index in [-0.39, 0.29) is 5.78 Å². The highest BCUT2D eigenvalue weighted by atomic mass is 79.9. The maximum atomic E-state index is 12.1. The third-order valence-electron chi connectivity index (χ3n) is 3.93. The minimum absolute atomic E-state index is 0.0703. The molecule has 25 heavy (non-hydrogen) atoms. The largest absolute Gasteiger partial charge is 0.293 e. The van der Waals surface area contributed by atoms with E-state index in [0.717, 1.165) is 21.3 Å². The Kier molecular flexibility index (Phi) is 5.32. The molecule has 3 aromatic rings. The van der Waals surface area contributed by atoms with Crippen LogP contribution in [0.1, 0.15) is 29.9 Å². The van der Waals surface area contributed by atoms with E-state index < -0.39 is 0 Å². The molecule has 0 saturated heterocycles. The summed E-state index contributed by atoms with van der Waals surface area (Å²) in [4.78, 5) is 12.1. The second-order valence-electron chi connectivity index (χ2n) is 5.60. The van der Waals surface area contributed by atoms with Gasteiger partial charge in [0.05, 0.1) is 16.4 Å². The van der Waals surface area contributed by atoms with Crippen LogP contribution in [-0.2, 0) is 6.42 Å². The van der Waals surface area contributed by atoms with Crippen molar-refractivity contribution in [2.75, 3.05) is 0 Å². The molecule has 0 aliphatic heterocycles. The van der Waals surface area contributed by atoms with Crippen LogP contribution in [0, 0.1) is 0 Å². The van der Waals surface area contributed by atoms with Gasteiger partial charge in [0.15, 0.2) is 5.78 Å². The number of halogens is 3. The smallest absolute Gasteiger partial charge is 0.180 e. The van der Waals surface area contributed by atoms with Crippen molar-refractivity contribution in [3.8, 4) is 16.9 Å². The van der Waals surface area contributed by atoms with E-state index in [1.165, 1.54) is 6.92 Å². The van der Waals surface area contributed by atoms with E-state index in [9.17, 15) is 4.79 Å². The molecule has 1 heterocycles. The van der Waals surface area contributed by atoms with Gasteiger partial charge in [0.2, 0.25) is 0 Å². The number of rotatable bonds is 4. The van der Waals surface area contributed by atoms with Gasteiger partial charge >= 0.3 is 0 Å². The molecule has 0 radical (unpaired) electrons. The average Bonchev–Trinajstić information content (AvgIpc) is 2.95. The van der Waals surface area contributed by atoms with Gasteiger partial charge in [-0.05, 0) is 36.8 Å². The Morgan fingerprint density at radius 3 is 2.40 bits per heavy atom. The van der Waals surface area contributed by atoms with E-state index in [1.807, 2.05) is 37.3 Å². The Hall–Kier alpha value is -1.62. The molecule has 0 aliphatic carbocycles. The van der Waals surface area contributed by atoms with E-state index in [1.54, 1.807) is 16.8 Å². The number of hydrogen-bond acceptors (Lipinski definition) is 2. The lowest BCUT2D eigenvalue weighted by molar-refractivity contribution is 0.101. The first-order chi connectivity index (χ1) is 11.9. The molecule has 2 aromatic carbocycles. The van der Waals surface area contributed by atoms with Crippen molar-refractivity contribution in [2.24, 2.45) is 0 Å². The maximum Gasteiger partial charge on any atom is 0.180 e. The van der Waals surface area contributed by atoms with Crippen molar-refractivity contribution < 1.29 is 4.79 Å². The van der Waals surface area contributed by atoms with E-state index in [0.29, 0.717) is 27.8 Å². The first kappa shape index (κ1) is 18.2. The monoisotopic (exact) mass is 436 g/mol. The van der Waals surface area contributed by atoms with Crippen LogP contribution in [0.25, 0.3) is 16.9 Å². The second kappa shape index (κ2) is 7.32. The van der Waals surface area contributed by atoms with E-state index >= 15 is 0 Å². The fourth-order valence-electron chi connectivity index (χ4n) is 2.80. The van der Waals surface area contributed by atoms with Crippen LogP contribution in [0.15, 0.2) is 46.9 Å². The standard InChI is InChI=1S/C19H15BrCl2N2O/c1-3-15-18(11(2)25)23-24(17-9-8-14(21)10-16(17)22)19(15)12-4-6-13(20)7-5-12/h4-10H,3H2,1-2H3. The van der Waals surface area contributed by atoms with Crippen LogP contribution in [0.3, 0.4) is 0 Å². The fraction of sp³-hybridized carbons (Fsp3) is 0.158. The van der Waals surface area contributed by atoms with Crippen molar-refractivity contribution in [2.45, 2.75) is 20.3 Å². The SMILES string of the molecule is CCc1c(C(C)=O)nn(-c2ccc(Cl)cc2Cl)c1-c1ccc(Br)cc1. The second-order valence-corrected chi connectivity index (χ2v) is 7.36. The predicted molar refractivity (Wildman–Crippen MR) is 106 cm³/mol. The number of hydrogen-bond donors (Lipinski definition) is 0. The van der Waals surface area contributed by atoms with Crippen molar-refractivity contribution in [3.63, 3.8) is 0 Å². The van der Waals surface area contributed by atoms with Gasteiger partial charge in [-0.15, -0.1) is 0 Å². The summed E-state index contributed by atoms with van der Waals surface area (Å²) in [5.41, 5.74) is 3.88. The summed E-state index contributed by atoms with van der Waals surface area (Å²) >= 11 is 15.9. The highest BCUT2D eigenvalue weighted by Gasteiger charge is 2.22. The van der Waals surface area contributed by atoms with Gasteiger partial charge in [-0.25, -0.2) is 4.68 Å². The highest BCUT2D eigenvalue weighted by molar-refractivity contribution is 9.10. The Bertz CT molecular complexity index is 949. The van der Waals surface area contributed by atoms with Gasteiger partial charge < -0.3 is 0 Å². The number of aromatic nitrogens is 2. The minimum Gasteiger partial charge on any atom is -0.293 e. The van der Waals surface area contributed by atoms with Crippen LogP contribution in [-0.4, -0.2) is 15.6 Å². The highest BCUT2D eigenvalue weighted by Crippen LogP contribution is 2.34. The Labute approximate surface area is 164 Å². The number of ketones is 1. The molecule has 0 fully saturated rings. The number of carbonyl (C=O) groups is 1. The Morgan fingerprint density at radius 2 is 1.84 bits per heavy atom. The van der Waals surface area contributed by atoms with Gasteiger partial charge in [0.1, 0.15) is 5.69 Å². The third-order valence-corrected chi connectivity index (χ3v) is 4.99. The van der Waals surface area contributed by atoms with Crippen molar-refractivity contribution in [1.29, 1.82) is 0 Å². The lowest BCUT2D eigenvalue weighted by Crippen LogP contribution is -2.02. The Morgan fingerprint density at radius 1 is 1.16 bits per heavy atom. The normalized spacial score (nSPS) is 10.9. The minimum atomic E-state index is -0.0703. The summed E-state index contributed by atoms with van der Waals surface area (Å²) in [7, 11) is 0. The van der Waals surface area contributed by atoms with E-state index in [2.05, 4.69) is 21.0 Å². The zero-order valence-electron chi connectivity index (χ0n) is 13.7. The summed E-state index contributed by atoms with van der Waals surface area (Å²) in [6.07, 6.45) is 0.686. The first-order valence-electron chi connectivity index (χ1n) is 7.76. The lowest BCUT2D eigenvalue weighted by Gasteiger charge is -2.11. The quantitative estimate of drug-likeness (QED) is 0.444. The van der Waals surface area contributed by atoms with Gasteiger partial charge in [0, 0.05) is 27.5 Å². The summed E-state index contributed by atoms with van der Waals surface area (Å²) in [5, 5.41) is 5.60. The van der Waals surface area contributed by atoms with E-state index in [4.69, 9.17) is 23.2 Å². The molecule has 6 heteroatoms. The summed E-state index contributed by atoms with van der Waals surface area (Å²) in [6.45, 7) is 3.54. The molecule has 128 valence electrons. The fourth-order valence-corrected chi connectivity index (χ4v) is 3.55. The number of nitrogens with zero attached hydrogens (tertiary/aromatic N) is 2. The molecular formula is C19H15BrCl2N2O. The molecule has 0 aliphatic rings. The molecule has 3 rings (SSSR count). The lowest BCUT2D eigenvalue weighted by atomic mass is 10.0. The molecule has 0 bridgehead atoms. The first-order valence-corrected chi connectivity index (χ1v) is 9.31. The predicted octanol–water partition coefficient (Wildman–Crippen LogP) is 6.37. The van der Waals surface area contributed by atoms with Crippen LogP contribution in [0.2, 0.25) is 10.0 Å². The molecular weight excluding hydrogens is 423 g/mol. The molecule has 0 atom stereocenters. The summed E-state index contributed by atoms with van der Waals surface area (Å²) in [5.74, 6) is -0.0703.